The van der Waals surface area contributed by atoms with Crippen LogP contribution in [-0.2, 0) is 16.1 Å². The highest BCUT2D eigenvalue weighted by Crippen LogP contribution is 2.43. The quantitative estimate of drug-likeness (QED) is 0.688. The van der Waals surface area contributed by atoms with E-state index in [1.54, 1.807) is 50.3 Å². The van der Waals surface area contributed by atoms with Gasteiger partial charge in [-0.1, -0.05) is 24.3 Å². The van der Waals surface area contributed by atoms with Crippen molar-refractivity contribution in [3.05, 3.63) is 64.9 Å². The number of para-hydroxylation sites is 1. The minimum atomic E-state index is -0.832. The number of benzene rings is 1. The van der Waals surface area contributed by atoms with E-state index in [0.29, 0.717) is 37.2 Å². The molecule has 0 saturated carbocycles. The molecule has 2 aromatic rings. The summed E-state index contributed by atoms with van der Waals surface area (Å²) >= 11 is 1.59. The van der Waals surface area contributed by atoms with Crippen molar-refractivity contribution in [2.24, 2.45) is 0 Å². The highest BCUT2D eigenvalue weighted by atomic mass is 32.1. The zero-order chi connectivity index (χ0) is 20.6. The maximum Gasteiger partial charge on any atom is 0.258 e. The highest BCUT2D eigenvalue weighted by molar-refractivity contribution is 7.09. The van der Waals surface area contributed by atoms with Crippen molar-refractivity contribution in [2.75, 3.05) is 18.0 Å². The first kappa shape index (κ1) is 19.4. The van der Waals surface area contributed by atoms with Gasteiger partial charge in [0.2, 0.25) is 11.8 Å². The molecule has 0 aliphatic carbocycles. The fourth-order valence-corrected chi connectivity index (χ4v) is 4.90. The molecule has 150 valence electrons. The zero-order valence-electron chi connectivity index (χ0n) is 16.3. The summed E-state index contributed by atoms with van der Waals surface area (Å²) in [6.07, 6.45) is 2.55. The van der Waals surface area contributed by atoms with Gasteiger partial charge < -0.3 is 9.80 Å². The molecule has 6 nitrogen and oxygen atoms in total. The summed E-state index contributed by atoms with van der Waals surface area (Å²) in [4.78, 5) is 45.1. The van der Waals surface area contributed by atoms with E-state index in [0.717, 1.165) is 4.88 Å². The Morgan fingerprint density at radius 3 is 2.79 bits per heavy atom. The lowest BCUT2D eigenvalue weighted by atomic mass is 9.98. The number of nitrogens with zero attached hydrogens (tertiary/aromatic N) is 3. The second-order valence-electron chi connectivity index (χ2n) is 7.50. The summed E-state index contributed by atoms with van der Waals surface area (Å²) in [5.74, 6) is -0.393. The molecule has 3 heterocycles. The van der Waals surface area contributed by atoms with Crippen LogP contribution in [0.4, 0.5) is 5.69 Å². The van der Waals surface area contributed by atoms with Crippen molar-refractivity contribution in [3.8, 4) is 0 Å². The van der Waals surface area contributed by atoms with Crippen LogP contribution in [-0.4, -0.2) is 46.3 Å². The van der Waals surface area contributed by atoms with Crippen LogP contribution in [0, 0.1) is 0 Å². The lowest BCUT2D eigenvalue weighted by molar-refractivity contribution is -0.133. The maximum absolute atomic E-state index is 13.3. The number of hydrogen-bond acceptors (Lipinski definition) is 4. The molecule has 1 unspecified atom stereocenters. The van der Waals surface area contributed by atoms with E-state index in [1.165, 1.54) is 0 Å². The largest absolute Gasteiger partial charge is 0.332 e. The molecule has 2 aliphatic rings. The van der Waals surface area contributed by atoms with Crippen molar-refractivity contribution in [1.82, 2.24) is 9.80 Å². The SMILES string of the molecule is C=CCN(Cc1cccs1)C(=O)CN1C(=O)c2ccccc2N2C(=O)CCC12C. The molecule has 0 bridgehead atoms. The van der Waals surface area contributed by atoms with Crippen LogP contribution in [0.1, 0.15) is 35.0 Å². The summed E-state index contributed by atoms with van der Waals surface area (Å²) in [7, 11) is 0. The van der Waals surface area contributed by atoms with Crippen molar-refractivity contribution in [1.29, 1.82) is 0 Å². The molecule has 1 atom stereocenters. The number of carbonyl (C=O) groups excluding carboxylic acids is 3. The van der Waals surface area contributed by atoms with E-state index < -0.39 is 5.66 Å². The van der Waals surface area contributed by atoms with Gasteiger partial charge in [0.25, 0.3) is 5.91 Å². The van der Waals surface area contributed by atoms with Crippen molar-refractivity contribution in [2.45, 2.75) is 32.0 Å². The smallest absolute Gasteiger partial charge is 0.258 e. The fraction of sp³-hybridized carbons (Fsp3) is 0.318. The third kappa shape index (κ3) is 3.25. The summed E-state index contributed by atoms with van der Waals surface area (Å²) in [6, 6.07) is 11.1. The van der Waals surface area contributed by atoms with Gasteiger partial charge in [0.05, 0.1) is 17.8 Å². The molecule has 7 heteroatoms. The monoisotopic (exact) mass is 409 g/mol. The molecule has 0 radical (unpaired) electrons. The van der Waals surface area contributed by atoms with E-state index in [-0.39, 0.29) is 24.3 Å². The fourth-order valence-electron chi connectivity index (χ4n) is 4.18. The first-order chi connectivity index (χ1) is 14.0. The van der Waals surface area contributed by atoms with E-state index in [9.17, 15) is 14.4 Å². The van der Waals surface area contributed by atoms with Crippen molar-refractivity contribution < 1.29 is 14.4 Å². The molecule has 1 saturated heterocycles. The number of hydrogen-bond donors (Lipinski definition) is 0. The normalized spacial score (nSPS) is 20.4. The predicted octanol–water partition coefficient (Wildman–Crippen LogP) is 3.26. The molecule has 0 N–H and O–H groups in total. The summed E-state index contributed by atoms with van der Waals surface area (Å²) in [5, 5.41) is 1.97. The number of fused-ring (bicyclic) bond motifs is 3. The second kappa shape index (κ2) is 7.48. The third-order valence-electron chi connectivity index (χ3n) is 5.67. The van der Waals surface area contributed by atoms with Crippen molar-refractivity contribution in [3.63, 3.8) is 0 Å². The van der Waals surface area contributed by atoms with Crippen LogP contribution in [0.3, 0.4) is 0 Å². The van der Waals surface area contributed by atoms with E-state index >= 15 is 0 Å². The predicted molar refractivity (Wildman–Crippen MR) is 113 cm³/mol. The Morgan fingerprint density at radius 1 is 1.28 bits per heavy atom. The van der Waals surface area contributed by atoms with Crippen LogP contribution in [0.25, 0.3) is 0 Å². The Morgan fingerprint density at radius 2 is 2.07 bits per heavy atom. The molecule has 1 aromatic heterocycles. The molecule has 1 aromatic carbocycles. The minimum Gasteiger partial charge on any atom is -0.332 e. The first-order valence-corrected chi connectivity index (χ1v) is 10.5. The lowest BCUT2D eigenvalue weighted by Crippen LogP contribution is -2.64. The standard InChI is InChI=1S/C22H23N3O3S/c1-3-12-23(14-16-7-6-13-29-16)20(27)15-24-21(28)17-8-4-5-9-18(17)25-19(26)10-11-22(24,25)2/h3-9,13H,1,10-12,14-15H2,2H3. The van der Waals surface area contributed by atoms with Crippen LogP contribution in [0.15, 0.2) is 54.4 Å². The lowest BCUT2D eigenvalue weighted by Gasteiger charge is -2.48. The Hall–Kier alpha value is -2.93. The van der Waals surface area contributed by atoms with Gasteiger partial charge in [-0.05, 0) is 36.9 Å². The van der Waals surface area contributed by atoms with Crippen LogP contribution >= 0.6 is 11.3 Å². The average molecular weight is 410 g/mol. The molecule has 3 amide bonds. The molecule has 2 aliphatic heterocycles. The minimum absolute atomic E-state index is 0.0218. The number of amides is 3. The zero-order valence-corrected chi connectivity index (χ0v) is 17.2. The van der Waals surface area contributed by atoms with Gasteiger partial charge in [0.15, 0.2) is 0 Å². The van der Waals surface area contributed by atoms with Gasteiger partial charge in [-0.15, -0.1) is 17.9 Å². The maximum atomic E-state index is 13.3. The van der Waals surface area contributed by atoms with Crippen LogP contribution in [0.5, 0.6) is 0 Å². The first-order valence-electron chi connectivity index (χ1n) is 9.61. The number of carbonyl (C=O) groups is 3. The second-order valence-corrected chi connectivity index (χ2v) is 8.53. The topological polar surface area (TPSA) is 60.9 Å². The van der Waals surface area contributed by atoms with Crippen molar-refractivity contribution >= 4 is 34.7 Å². The Labute approximate surface area is 174 Å². The molecule has 4 rings (SSSR count). The number of thiophene rings is 1. The Balaban J connectivity index is 1.65. The summed E-state index contributed by atoms with van der Waals surface area (Å²) in [5.41, 5.74) is 0.260. The highest BCUT2D eigenvalue weighted by Gasteiger charge is 2.53. The van der Waals surface area contributed by atoms with Crippen LogP contribution in [0.2, 0.25) is 0 Å². The molecule has 29 heavy (non-hydrogen) atoms. The van der Waals surface area contributed by atoms with E-state index in [4.69, 9.17) is 0 Å². The number of rotatable bonds is 6. The summed E-state index contributed by atoms with van der Waals surface area (Å²) < 4.78 is 0. The van der Waals surface area contributed by atoms with Gasteiger partial charge in [-0.25, -0.2) is 0 Å². The van der Waals surface area contributed by atoms with E-state index in [1.807, 2.05) is 30.5 Å². The van der Waals surface area contributed by atoms with Gasteiger partial charge >= 0.3 is 0 Å². The van der Waals surface area contributed by atoms with E-state index in [2.05, 4.69) is 6.58 Å². The Bertz CT molecular complexity index is 971. The van der Waals surface area contributed by atoms with Gasteiger partial charge in [-0.3, -0.25) is 19.3 Å². The number of anilines is 1. The third-order valence-corrected chi connectivity index (χ3v) is 6.53. The average Bonchev–Trinajstić information content (AvgIpc) is 3.33. The van der Waals surface area contributed by atoms with Gasteiger partial charge in [-0.2, -0.15) is 0 Å². The molecule has 1 fully saturated rings. The Kier molecular flexibility index (Phi) is 5.00. The molecular weight excluding hydrogens is 386 g/mol. The van der Waals surface area contributed by atoms with Gasteiger partial charge in [0.1, 0.15) is 12.2 Å². The molecular formula is C22H23N3O3S. The van der Waals surface area contributed by atoms with Crippen LogP contribution < -0.4 is 4.90 Å². The molecule has 0 spiro atoms. The van der Waals surface area contributed by atoms with Gasteiger partial charge in [0, 0.05) is 17.8 Å². The summed E-state index contributed by atoms with van der Waals surface area (Å²) in [6.45, 7) is 6.42.